The highest BCUT2D eigenvalue weighted by molar-refractivity contribution is 6.08. The molecule has 1 amide bonds. The van der Waals surface area contributed by atoms with Gasteiger partial charge in [0.25, 0.3) is 0 Å². The Hall–Kier alpha value is -2.24. The number of methoxy groups -OCH3 is 2. The maximum atomic E-state index is 11.9. The van der Waals surface area contributed by atoms with E-state index in [4.69, 9.17) is 14.6 Å². The van der Waals surface area contributed by atoms with Crippen molar-refractivity contribution in [2.75, 3.05) is 19.5 Å². The summed E-state index contributed by atoms with van der Waals surface area (Å²) in [6.07, 6.45) is 0. The third kappa shape index (κ3) is 3.15. The number of carbonyl (C=O) groups excluding carboxylic acids is 1. The maximum Gasteiger partial charge on any atom is 0.318 e. The SMILES string of the molecule is COc1ccc(NC(=O)C(C)(C)C(=O)O)c(OC)c1. The van der Waals surface area contributed by atoms with Crippen molar-refractivity contribution in [1.29, 1.82) is 0 Å². The second-order valence-electron chi connectivity index (χ2n) is 4.45. The quantitative estimate of drug-likeness (QED) is 0.794. The largest absolute Gasteiger partial charge is 0.497 e. The fourth-order valence-corrected chi connectivity index (χ4v) is 1.28. The Labute approximate surface area is 111 Å². The predicted molar refractivity (Wildman–Crippen MR) is 69.6 cm³/mol. The molecule has 2 N–H and O–H groups in total. The number of aliphatic carboxylic acids is 1. The number of amides is 1. The molecule has 0 aliphatic heterocycles. The summed E-state index contributed by atoms with van der Waals surface area (Å²) in [4.78, 5) is 22.9. The average Bonchev–Trinajstić information content (AvgIpc) is 2.38. The monoisotopic (exact) mass is 267 g/mol. The summed E-state index contributed by atoms with van der Waals surface area (Å²) >= 11 is 0. The van der Waals surface area contributed by atoms with Crippen molar-refractivity contribution in [1.82, 2.24) is 0 Å². The number of hydrogen-bond donors (Lipinski definition) is 2. The molecule has 1 aromatic rings. The minimum Gasteiger partial charge on any atom is -0.497 e. The average molecular weight is 267 g/mol. The summed E-state index contributed by atoms with van der Waals surface area (Å²) in [6.45, 7) is 2.67. The van der Waals surface area contributed by atoms with Gasteiger partial charge in [0.1, 0.15) is 16.9 Å². The highest BCUT2D eigenvalue weighted by atomic mass is 16.5. The van der Waals surface area contributed by atoms with E-state index in [2.05, 4.69) is 5.32 Å². The van der Waals surface area contributed by atoms with Gasteiger partial charge in [0.2, 0.25) is 5.91 Å². The molecule has 0 unspecified atom stereocenters. The van der Waals surface area contributed by atoms with E-state index in [1.807, 2.05) is 0 Å². The molecule has 0 saturated carbocycles. The maximum absolute atomic E-state index is 11.9. The van der Waals surface area contributed by atoms with E-state index in [-0.39, 0.29) is 0 Å². The van der Waals surface area contributed by atoms with Crippen molar-refractivity contribution >= 4 is 17.6 Å². The van der Waals surface area contributed by atoms with Gasteiger partial charge < -0.3 is 19.9 Å². The number of carboxylic acid groups (broad SMARTS) is 1. The number of carboxylic acids is 1. The van der Waals surface area contributed by atoms with E-state index in [9.17, 15) is 9.59 Å². The lowest BCUT2D eigenvalue weighted by Gasteiger charge is -2.19. The van der Waals surface area contributed by atoms with Crippen molar-refractivity contribution in [3.05, 3.63) is 18.2 Å². The fourth-order valence-electron chi connectivity index (χ4n) is 1.28. The highest BCUT2D eigenvalue weighted by Crippen LogP contribution is 2.30. The molecule has 1 rings (SSSR count). The van der Waals surface area contributed by atoms with Crippen LogP contribution in [0.4, 0.5) is 5.69 Å². The smallest absolute Gasteiger partial charge is 0.318 e. The molecule has 0 spiro atoms. The van der Waals surface area contributed by atoms with E-state index in [0.29, 0.717) is 17.2 Å². The predicted octanol–water partition coefficient (Wildman–Crippen LogP) is 1.75. The van der Waals surface area contributed by atoms with Crippen molar-refractivity contribution in [2.24, 2.45) is 5.41 Å². The van der Waals surface area contributed by atoms with Crippen LogP contribution in [0.3, 0.4) is 0 Å². The van der Waals surface area contributed by atoms with Gasteiger partial charge >= 0.3 is 5.97 Å². The Kier molecular flexibility index (Phi) is 4.37. The van der Waals surface area contributed by atoms with E-state index in [1.165, 1.54) is 28.1 Å². The lowest BCUT2D eigenvalue weighted by Crippen LogP contribution is -2.37. The number of carbonyl (C=O) groups is 2. The zero-order chi connectivity index (χ0) is 14.6. The van der Waals surface area contributed by atoms with Crippen LogP contribution in [0.25, 0.3) is 0 Å². The highest BCUT2D eigenvalue weighted by Gasteiger charge is 2.36. The van der Waals surface area contributed by atoms with Crippen LogP contribution in [0.2, 0.25) is 0 Å². The fraction of sp³-hybridized carbons (Fsp3) is 0.385. The Bertz CT molecular complexity index is 496. The second-order valence-corrected chi connectivity index (χ2v) is 4.45. The van der Waals surface area contributed by atoms with Crippen LogP contribution in [-0.4, -0.2) is 31.2 Å². The van der Waals surface area contributed by atoms with E-state index in [1.54, 1.807) is 18.2 Å². The molecule has 19 heavy (non-hydrogen) atoms. The van der Waals surface area contributed by atoms with Crippen LogP contribution in [0.15, 0.2) is 18.2 Å². The molecule has 0 aromatic heterocycles. The van der Waals surface area contributed by atoms with Gasteiger partial charge in [-0.15, -0.1) is 0 Å². The molecule has 0 fully saturated rings. The Balaban J connectivity index is 3.00. The summed E-state index contributed by atoms with van der Waals surface area (Å²) in [6, 6.07) is 4.84. The molecule has 104 valence electrons. The first kappa shape index (κ1) is 14.8. The van der Waals surface area contributed by atoms with Crippen molar-refractivity contribution in [2.45, 2.75) is 13.8 Å². The minimum atomic E-state index is -1.52. The lowest BCUT2D eigenvalue weighted by atomic mass is 9.92. The summed E-state index contributed by atoms with van der Waals surface area (Å²) < 4.78 is 10.2. The van der Waals surface area contributed by atoms with Gasteiger partial charge in [-0.25, -0.2) is 0 Å². The minimum absolute atomic E-state index is 0.391. The van der Waals surface area contributed by atoms with Crippen molar-refractivity contribution < 1.29 is 24.2 Å². The van der Waals surface area contributed by atoms with Crippen LogP contribution in [-0.2, 0) is 9.59 Å². The van der Waals surface area contributed by atoms with Crippen molar-refractivity contribution in [3.8, 4) is 11.5 Å². The number of anilines is 1. The first-order valence-electron chi connectivity index (χ1n) is 5.59. The number of benzene rings is 1. The molecule has 1 aromatic carbocycles. The van der Waals surface area contributed by atoms with E-state index < -0.39 is 17.3 Å². The molecular weight excluding hydrogens is 250 g/mol. The Morgan fingerprint density at radius 2 is 1.84 bits per heavy atom. The summed E-state index contributed by atoms with van der Waals surface area (Å²) in [7, 11) is 2.97. The standard InChI is InChI=1S/C13H17NO5/c1-13(2,12(16)17)11(15)14-9-6-5-8(18-3)7-10(9)19-4/h5-7H,1-4H3,(H,14,15)(H,16,17). The molecule has 0 bridgehead atoms. The molecule has 0 saturated heterocycles. The molecular formula is C13H17NO5. The van der Waals surface area contributed by atoms with Crippen LogP contribution in [0.1, 0.15) is 13.8 Å². The topological polar surface area (TPSA) is 84.9 Å². The Morgan fingerprint density at radius 3 is 2.32 bits per heavy atom. The van der Waals surface area contributed by atoms with Gasteiger partial charge in [0.15, 0.2) is 0 Å². The van der Waals surface area contributed by atoms with Crippen LogP contribution in [0.5, 0.6) is 11.5 Å². The number of ether oxygens (including phenoxy) is 2. The van der Waals surface area contributed by atoms with Gasteiger partial charge in [0, 0.05) is 6.07 Å². The number of nitrogens with one attached hydrogen (secondary N) is 1. The normalized spacial score (nSPS) is 10.7. The summed E-state index contributed by atoms with van der Waals surface area (Å²) in [5.74, 6) is -0.845. The van der Waals surface area contributed by atoms with Gasteiger partial charge in [-0.3, -0.25) is 9.59 Å². The van der Waals surface area contributed by atoms with Crippen molar-refractivity contribution in [3.63, 3.8) is 0 Å². The number of rotatable bonds is 5. The molecule has 0 aliphatic rings. The molecule has 0 heterocycles. The number of hydrogen-bond acceptors (Lipinski definition) is 4. The molecule has 0 aliphatic carbocycles. The zero-order valence-electron chi connectivity index (χ0n) is 11.3. The third-order valence-electron chi connectivity index (χ3n) is 2.76. The molecule has 6 nitrogen and oxygen atoms in total. The van der Waals surface area contributed by atoms with Gasteiger partial charge in [-0.1, -0.05) is 0 Å². The summed E-state index contributed by atoms with van der Waals surface area (Å²) in [5.41, 5.74) is -1.13. The first-order chi connectivity index (χ1) is 8.82. The van der Waals surface area contributed by atoms with Gasteiger partial charge in [-0.2, -0.15) is 0 Å². The van der Waals surface area contributed by atoms with Gasteiger partial charge in [0.05, 0.1) is 19.9 Å². The lowest BCUT2D eigenvalue weighted by molar-refractivity contribution is -0.151. The summed E-state index contributed by atoms with van der Waals surface area (Å²) in [5, 5.41) is 11.5. The molecule has 0 radical (unpaired) electrons. The van der Waals surface area contributed by atoms with E-state index >= 15 is 0 Å². The zero-order valence-corrected chi connectivity index (χ0v) is 11.3. The van der Waals surface area contributed by atoms with Gasteiger partial charge in [-0.05, 0) is 26.0 Å². The molecule has 0 atom stereocenters. The second kappa shape index (κ2) is 5.60. The van der Waals surface area contributed by atoms with Crippen LogP contribution in [0, 0.1) is 5.41 Å². The Morgan fingerprint density at radius 1 is 1.21 bits per heavy atom. The first-order valence-corrected chi connectivity index (χ1v) is 5.59. The van der Waals surface area contributed by atoms with Crippen LogP contribution >= 0.6 is 0 Å². The third-order valence-corrected chi connectivity index (χ3v) is 2.76. The van der Waals surface area contributed by atoms with E-state index in [0.717, 1.165) is 0 Å². The van der Waals surface area contributed by atoms with Crippen LogP contribution < -0.4 is 14.8 Å². The molecule has 6 heteroatoms.